The largest absolute Gasteiger partial charge is 0.378 e. The molecule has 0 aliphatic heterocycles. The first kappa shape index (κ1) is 11.3. The number of halogens is 3. The summed E-state index contributed by atoms with van der Waals surface area (Å²) in [5.41, 5.74) is -0.227. The van der Waals surface area contributed by atoms with Crippen molar-refractivity contribution in [1.82, 2.24) is 0 Å². The van der Waals surface area contributed by atoms with E-state index in [1.165, 1.54) is 12.8 Å². The van der Waals surface area contributed by atoms with Crippen molar-refractivity contribution >= 4 is 5.69 Å². The standard InChI is InChI=1S/C12H14F3N/c1-7(4-8-2-3-8)16-12-10(14)5-9(13)6-11(12)15/h5-8,16H,2-4H2,1H3. The van der Waals surface area contributed by atoms with Crippen LogP contribution in [-0.4, -0.2) is 6.04 Å². The van der Waals surface area contributed by atoms with E-state index in [1.807, 2.05) is 6.92 Å². The lowest BCUT2D eigenvalue weighted by Crippen LogP contribution is -2.17. The van der Waals surface area contributed by atoms with Gasteiger partial charge < -0.3 is 5.32 Å². The lowest BCUT2D eigenvalue weighted by Gasteiger charge is -2.16. The molecule has 16 heavy (non-hydrogen) atoms. The summed E-state index contributed by atoms with van der Waals surface area (Å²) in [6.45, 7) is 1.88. The van der Waals surface area contributed by atoms with E-state index in [9.17, 15) is 13.2 Å². The maximum absolute atomic E-state index is 13.3. The van der Waals surface area contributed by atoms with Gasteiger partial charge in [-0.05, 0) is 19.3 Å². The summed E-state index contributed by atoms with van der Waals surface area (Å²) in [5, 5.41) is 2.76. The highest BCUT2D eigenvalue weighted by atomic mass is 19.1. The van der Waals surface area contributed by atoms with E-state index in [1.54, 1.807) is 0 Å². The molecule has 0 spiro atoms. The molecular weight excluding hydrogens is 215 g/mol. The number of nitrogens with one attached hydrogen (secondary N) is 1. The summed E-state index contributed by atoms with van der Waals surface area (Å²) >= 11 is 0. The van der Waals surface area contributed by atoms with Gasteiger partial charge in [0.1, 0.15) is 11.5 Å². The van der Waals surface area contributed by atoms with Crippen LogP contribution in [0.15, 0.2) is 12.1 Å². The van der Waals surface area contributed by atoms with Crippen LogP contribution in [-0.2, 0) is 0 Å². The normalized spacial score (nSPS) is 17.2. The minimum absolute atomic E-state index is 0.00182. The molecule has 0 bridgehead atoms. The Hall–Kier alpha value is -1.19. The molecule has 0 radical (unpaired) electrons. The minimum Gasteiger partial charge on any atom is -0.378 e. The Morgan fingerprint density at radius 3 is 2.31 bits per heavy atom. The van der Waals surface area contributed by atoms with Gasteiger partial charge in [-0.25, -0.2) is 13.2 Å². The molecule has 1 fully saturated rings. The first-order valence-corrected chi connectivity index (χ1v) is 5.47. The summed E-state index contributed by atoms with van der Waals surface area (Å²) in [6.07, 6.45) is 3.29. The van der Waals surface area contributed by atoms with E-state index in [4.69, 9.17) is 0 Å². The molecule has 1 aliphatic rings. The van der Waals surface area contributed by atoms with Crippen molar-refractivity contribution in [2.45, 2.75) is 32.2 Å². The van der Waals surface area contributed by atoms with Crippen molar-refractivity contribution in [1.29, 1.82) is 0 Å². The highest BCUT2D eigenvalue weighted by molar-refractivity contribution is 5.47. The van der Waals surface area contributed by atoms with E-state index < -0.39 is 17.5 Å². The first-order valence-electron chi connectivity index (χ1n) is 5.47. The van der Waals surface area contributed by atoms with Gasteiger partial charge in [0.2, 0.25) is 0 Å². The number of hydrogen-bond donors (Lipinski definition) is 1. The Kier molecular flexibility index (Phi) is 3.08. The minimum atomic E-state index is -0.893. The van der Waals surface area contributed by atoms with Gasteiger partial charge in [0, 0.05) is 18.2 Å². The van der Waals surface area contributed by atoms with Crippen LogP contribution in [0.5, 0.6) is 0 Å². The maximum Gasteiger partial charge on any atom is 0.152 e. The van der Waals surface area contributed by atoms with Crippen molar-refractivity contribution in [3.8, 4) is 0 Å². The van der Waals surface area contributed by atoms with Crippen LogP contribution >= 0.6 is 0 Å². The summed E-state index contributed by atoms with van der Waals surface area (Å²) in [7, 11) is 0. The fraction of sp³-hybridized carbons (Fsp3) is 0.500. The van der Waals surface area contributed by atoms with Crippen LogP contribution in [0, 0.1) is 23.4 Å². The smallest absolute Gasteiger partial charge is 0.152 e. The second kappa shape index (κ2) is 4.36. The Balaban J connectivity index is 2.07. The van der Waals surface area contributed by atoms with Crippen LogP contribution < -0.4 is 5.32 Å². The second-order valence-electron chi connectivity index (χ2n) is 4.47. The third-order valence-corrected chi connectivity index (χ3v) is 2.78. The number of benzene rings is 1. The van der Waals surface area contributed by atoms with Gasteiger partial charge >= 0.3 is 0 Å². The van der Waals surface area contributed by atoms with E-state index in [0.29, 0.717) is 18.1 Å². The Morgan fingerprint density at radius 1 is 1.25 bits per heavy atom. The summed E-state index contributed by atoms with van der Waals surface area (Å²) in [4.78, 5) is 0. The molecule has 88 valence electrons. The number of rotatable bonds is 4. The quantitative estimate of drug-likeness (QED) is 0.830. The van der Waals surface area contributed by atoms with Crippen molar-refractivity contribution in [2.24, 2.45) is 5.92 Å². The van der Waals surface area contributed by atoms with Crippen molar-refractivity contribution in [3.63, 3.8) is 0 Å². The van der Waals surface area contributed by atoms with Gasteiger partial charge in [0.15, 0.2) is 11.6 Å². The van der Waals surface area contributed by atoms with Crippen LogP contribution in [0.4, 0.5) is 18.9 Å². The molecule has 0 heterocycles. The Morgan fingerprint density at radius 2 is 1.81 bits per heavy atom. The monoisotopic (exact) mass is 229 g/mol. The third-order valence-electron chi connectivity index (χ3n) is 2.78. The predicted octanol–water partition coefficient (Wildman–Crippen LogP) is 3.70. The fourth-order valence-corrected chi connectivity index (χ4v) is 1.84. The molecule has 2 rings (SSSR count). The average Bonchev–Trinajstić information content (AvgIpc) is 2.95. The van der Waals surface area contributed by atoms with Gasteiger partial charge in [0.25, 0.3) is 0 Å². The van der Waals surface area contributed by atoms with Crippen molar-refractivity contribution in [2.75, 3.05) is 5.32 Å². The zero-order valence-electron chi connectivity index (χ0n) is 9.06. The van der Waals surface area contributed by atoms with Gasteiger partial charge in [0.05, 0.1) is 0 Å². The number of hydrogen-bond acceptors (Lipinski definition) is 1. The molecular formula is C12H14F3N. The third kappa shape index (κ3) is 2.68. The lowest BCUT2D eigenvalue weighted by atomic mass is 10.1. The molecule has 1 unspecified atom stereocenters. The SMILES string of the molecule is CC(CC1CC1)Nc1c(F)cc(F)cc1F. The van der Waals surface area contributed by atoms with Crippen LogP contribution in [0.2, 0.25) is 0 Å². The fourth-order valence-electron chi connectivity index (χ4n) is 1.84. The van der Waals surface area contributed by atoms with E-state index >= 15 is 0 Å². The van der Waals surface area contributed by atoms with Gasteiger partial charge in [-0.1, -0.05) is 12.8 Å². The number of anilines is 1. The van der Waals surface area contributed by atoms with E-state index in [2.05, 4.69) is 5.32 Å². The molecule has 1 aromatic rings. The molecule has 1 atom stereocenters. The highest BCUT2D eigenvalue weighted by Crippen LogP contribution is 2.34. The topological polar surface area (TPSA) is 12.0 Å². The molecule has 0 aromatic heterocycles. The van der Waals surface area contributed by atoms with Gasteiger partial charge in [-0.15, -0.1) is 0 Å². The first-order chi connectivity index (χ1) is 7.56. The maximum atomic E-state index is 13.3. The molecule has 0 amide bonds. The van der Waals surface area contributed by atoms with Crippen LogP contribution in [0.1, 0.15) is 26.2 Å². The molecule has 1 aromatic carbocycles. The van der Waals surface area contributed by atoms with E-state index in [-0.39, 0.29) is 11.7 Å². The predicted molar refractivity (Wildman–Crippen MR) is 56.7 cm³/mol. The summed E-state index contributed by atoms with van der Waals surface area (Å²) < 4.78 is 39.2. The van der Waals surface area contributed by atoms with Gasteiger partial charge in [-0.2, -0.15) is 0 Å². The summed E-state index contributed by atoms with van der Waals surface area (Å²) in [6, 6.07) is 1.38. The van der Waals surface area contributed by atoms with Crippen LogP contribution in [0.3, 0.4) is 0 Å². The zero-order valence-corrected chi connectivity index (χ0v) is 9.06. The molecule has 1 nitrogen and oxygen atoms in total. The molecule has 1 saturated carbocycles. The van der Waals surface area contributed by atoms with Crippen LogP contribution in [0.25, 0.3) is 0 Å². The van der Waals surface area contributed by atoms with E-state index in [0.717, 1.165) is 6.42 Å². The Labute approximate surface area is 92.7 Å². The highest BCUT2D eigenvalue weighted by Gasteiger charge is 2.24. The lowest BCUT2D eigenvalue weighted by molar-refractivity contribution is 0.540. The van der Waals surface area contributed by atoms with Crippen molar-refractivity contribution in [3.05, 3.63) is 29.6 Å². The average molecular weight is 229 g/mol. The summed E-state index contributed by atoms with van der Waals surface area (Å²) in [5.74, 6) is -1.97. The molecule has 1 N–H and O–H groups in total. The second-order valence-corrected chi connectivity index (χ2v) is 4.47. The molecule has 4 heteroatoms. The Bertz CT molecular complexity index is 365. The van der Waals surface area contributed by atoms with Gasteiger partial charge in [-0.3, -0.25) is 0 Å². The molecule has 1 aliphatic carbocycles. The van der Waals surface area contributed by atoms with Crippen molar-refractivity contribution < 1.29 is 13.2 Å². The zero-order chi connectivity index (χ0) is 11.7. The molecule has 0 saturated heterocycles.